The molecule has 0 saturated heterocycles. The number of halogens is 3. The van der Waals surface area contributed by atoms with E-state index in [-0.39, 0.29) is 0 Å². The van der Waals surface area contributed by atoms with Crippen LogP contribution in [0, 0.1) is 0 Å². The predicted molar refractivity (Wildman–Crippen MR) is 66.4 cm³/mol. The molecule has 4 nitrogen and oxygen atoms in total. The zero-order chi connectivity index (χ0) is 14.5. The summed E-state index contributed by atoms with van der Waals surface area (Å²) in [4.78, 5) is -0.775. The first kappa shape index (κ1) is 15.5. The van der Waals surface area contributed by atoms with E-state index in [1.54, 1.807) is 12.2 Å². The van der Waals surface area contributed by atoms with Gasteiger partial charge in [0.15, 0.2) is 0 Å². The Morgan fingerprint density at radius 1 is 1.16 bits per heavy atom. The number of hydrogen-bond donors (Lipinski definition) is 2. The van der Waals surface area contributed by atoms with Crippen molar-refractivity contribution in [2.45, 2.75) is 10.4 Å². The van der Waals surface area contributed by atoms with E-state index < -0.39 is 20.2 Å². The summed E-state index contributed by atoms with van der Waals surface area (Å²) >= 11 is 0. The van der Waals surface area contributed by atoms with Crippen molar-refractivity contribution in [3.63, 3.8) is 0 Å². The highest BCUT2D eigenvalue weighted by Gasteiger charge is 2.46. The van der Waals surface area contributed by atoms with E-state index in [0.717, 1.165) is 12.1 Å². The molecule has 106 valence electrons. The van der Waals surface area contributed by atoms with Crippen molar-refractivity contribution in [2.75, 3.05) is 18.4 Å². The van der Waals surface area contributed by atoms with Gasteiger partial charge >= 0.3 is 5.51 Å². The van der Waals surface area contributed by atoms with Crippen LogP contribution in [0.5, 0.6) is 0 Å². The summed E-state index contributed by atoms with van der Waals surface area (Å²) in [6.45, 7) is 0.840. The van der Waals surface area contributed by atoms with E-state index in [4.69, 9.17) is 5.73 Å². The van der Waals surface area contributed by atoms with Gasteiger partial charge in [0, 0.05) is 18.8 Å². The lowest BCUT2D eigenvalue weighted by atomic mass is 10.3. The zero-order valence-electron chi connectivity index (χ0n) is 9.81. The van der Waals surface area contributed by atoms with Gasteiger partial charge < -0.3 is 11.1 Å². The summed E-state index contributed by atoms with van der Waals surface area (Å²) in [6, 6.07) is 4.37. The molecule has 0 heterocycles. The molecule has 1 aromatic rings. The zero-order valence-corrected chi connectivity index (χ0v) is 10.6. The number of nitrogens with two attached hydrogens (primary N) is 1. The number of hydrogen-bond acceptors (Lipinski definition) is 4. The lowest BCUT2D eigenvalue weighted by molar-refractivity contribution is -0.0436. The van der Waals surface area contributed by atoms with E-state index in [1.165, 1.54) is 12.1 Å². The highest BCUT2D eigenvalue weighted by atomic mass is 32.2. The van der Waals surface area contributed by atoms with Crippen LogP contribution in [-0.4, -0.2) is 27.0 Å². The minimum Gasteiger partial charge on any atom is -0.382 e. The Labute approximate surface area is 109 Å². The van der Waals surface area contributed by atoms with E-state index in [1.807, 2.05) is 0 Å². The molecule has 0 aliphatic carbocycles. The van der Waals surface area contributed by atoms with Gasteiger partial charge in [0.25, 0.3) is 9.84 Å². The summed E-state index contributed by atoms with van der Waals surface area (Å²) in [5.41, 5.74) is 0.459. The number of rotatable bonds is 5. The van der Waals surface area contributed by atoms with Crippen molar-refractivity contribution < 1.29 is 21.6 Å². The van der Waals surface area contributed by atoms with E-state index >= 15 is 0 Å². The van der Waals surface area contributed by atoms with Crippen LogP contribution in [0.25, 0.3) is 0 Å². The molecule has 0 atom stereocenters. The first-order valence-electron chi connectivity index (χ1n) is 5.29. The Morgan fingerprint density at radius 2 is 1.74 bits per heavy atom. The van der Waals surface area contributed by atoms with E-state index in [0.29, 0.717) is 18.8 Å². The fourth-order valence-corrected chi connectivity index (χ4v) is 2.00. The highest BCUT2D eigenvalue weighted by Crippen LogP contribution is 2.30. The predicted octanol–water partition coefficient (Wildman–Crippen LogP) is 1.91. The van der Waals surface area contributed by atoms with Crippen molar-refractivity contribution >= 4 is 15.5 Å². The Hall–Kier alpha value is -1.54. The fourth-order valence-electron chi connectivity index (χ4n) is 1.24. The van der Waals surface area contributed by atoms with Crippen molar-refractivity contribution in [3.8, 4) is 0 Å². The Morgan fingerprint density at radius 3 is 2.21 bits per heavy atom. The van der Waals surface area contributed by atoms with Gasteiger partial charge in [-0.2, -0.15) is 13.2 Å². The fraction of sp³-hybridized carbons (Fsp3) is 0.273. The van der Waals surface area contributed by atoms with Crippen LogP contribution in [-0.2, 0) is 9.84 Å². The third-order valence-corrected chi connectivity index (χ3v) is 3.70. The standard InChI is InChI=1S/C11H13F3N2O2S/c12-11(13,14)19(17,18)10-5-3-9(4-6-10)16-8-2-1-7-15/h1-6,16H,7-8,15H2/b2-1+. The van der Waals surface area contributed by atoms with Crippen molar-refractivity contribution in [2.24, 2.45) is 5.73 Å². The van der Waals surface area contributed by atoms with Gasteiger partial charge in [0.2, 0.25) is 0 Å². The molecule has 19 heavy (non-hydrogen) atoms. The lowest BCUT2D eigenvalue weighted by Gasteiger charge is -2.09. The monoisotopic (exact) mass is 294 g/mol. The molecular formula is C11H13F3N2O2S. The van der Waals surface area contributed by atoms with Crippen LogP contribution in [0.15, 0.2) is 41.3 Å². The van der Waals surface area contributed by atoms with Crippen molar-refractivity contribution in [3.05, 3.63) is 36.4 Å². The smallest absolute Gasteiger partial charge is 0.382 e. The van der Waals surface area contributed by atoms with Gasteiger partial charge in [-0.25, -0.2) is 8.42 Å². The second kappa shape index (κ2) is 6.07. The summed E-state index contributed by atoms with van der Waals surface area (Å²) in [5.74, 6) is 0. The molecule has 0 aliphatic rings. The van der Waals surface area contributed by atoms with Crippen LogP contribution in [0.2, 0.25) is 0 Å². The van der Waals surface area contributed by atoms with Crippen molar-refractivity contribution in [1.29, 1.82) is 0 Å². The molecule has 0 fully saturated rings. The van der Waals surface area contributed by atoms with E-state index in [2.05, 4.69) is 5.32 Å². The maximum absolute atomic E-state index is 12.3. The molecule has 3 N–H and O–H groups in total. The first-order chi connectivity index (χ1) is 8.79. The molecule has 0 radical (unpaired) electrons. The summed E-state index contributed by atoms with van der Waals surface area (Å²) < 4.78 is 59.0. The number of alkyl halides is 3. The normalized spacial score (nSPS) is 12.8. The van der Waals surface area contributed by atoms with Gasteiger partial charge in [0.1, 0.15) is 0 Å². The first-order valence-corrected chi connectivity index (χ1v) is 6.77. The number of benzene rings is 1. The number of anilines is 1. The number of nitrogens with one attached hydrogen (secondary N) is 1. The largest absolute Gasteiger partial charge is 0.501 e. The molecule has 1 rings (SSSR count). The maximum Gasteiger partial charge on any atom is 0.501 e. The SMILES string of the molecule is NC/C=C/CNc1ccc(S(=O)(=O)C(F)(F)F)cc1. The van der Waals surface area contributed by atoms with E-state index in [9.17, 15) is 21.6 Å². The molecular weight excluding hydrogens is 281 g/mol. The minimum absolute atomic E-state index is 0.393. The molecule has 0 unspecified atom stereocenters. The van der Waals surface area contributed by atoms with Crippen LogP contribution >= 0.6 is 0 Å². The average molecular weight is 294 g/mol. The molecule has 0 spiro atoms. The lowest BCUT2D eigenvalue weighted by Crippen LogP contribution is -2.23. The highest BCUT2D eigenvalue weighted by molar-refractivity contribution is 7.92. The molecule has 1 aromatic carbocycles. The summed E-state index contributed by atoms with van der Waals surface area (Å²) in [6.07, 6.45) is 3.47. The Balaban J connectivity index is 2.80. The topological polar surface area (TPSA) is 72.2 Å². The molecule has 8 heteroatoms. The average Bonchev–Trinajstić information content (AvgIpc) is 2.34. The molecule has 0 saturated carbocycles. The van der Waals surface area contributed by atoms with Gasteiger partial charge in [0.05, 0.1) is 4.90 Å². The second-order valence-corrected chi connectivity index (χ2v) is 5.50. The third-order valence-electron chi connectivity index (χ3n) is 2.20. The quantitative estimate of drug-likeness (QED) is 0.814. The van der Waals surface area contributed by atoms with Crippen LogP contribution < -0.4 is 11.1 Å². The van der Waals surface area contributed by atoms with Crippen LogP contribution in [0.1, 0.15) is 0 Å². The molecule has 0 aliphatic heterocycles. The van der Waals surface area contributed by atoms with Gasteiger partial charge in [-0.15, -0.1) is 0 Å². The van der Waals surface area contributed by atoms with Gasteiger partial charge in [-0.05, 0) is 24.3 Å². The van der Waals surface area contributed by atoms with Crippen molar-refractivity contribution in [1.82, 2.24) is 0 Å². The summed E-state index contributed by atoms with van der Waals surface area (Å²) in [7, 11) is -5.28. The van der Waals surface area contributed by atoms with Gasteiger partial charge in [-0.3, -0.25) is 0 Å². The third kappa shape index (κ3) is 3.97. The van der Waals surface area contributed by atoms with Gasteiger partial charge in [-0.1, -0.05) is 12.2 Å². The van der Waals surface area contributed by atoms with Crippen LogP contribution in [0.4, 0.5) is 18.9 Å². The molecule has 0 amide bonds. The molecule has 0 bridgehead atoms. The molecule has 0 aromatic heterocycles. The maximum atomic E-state index is 12.3. The number of sulfone groups is 1. The Bertz CT molecular complexity index is 536. The minimum atomic E-state index is -5.29. The summed E-state index contributed by atoms with van der Waals surface area (Å²) in [5, 5.41) is 2.88. The Kier molecular flexibility index (Phi) is 4.96. The van der Waals surface area contributed by atoms with Crippen LogP contribution in [0.3, 0.4) is 0 Å². The second-order valence-electron chi connectivity index (χ2n) is 3.56.